The molecule has 0 unspecified atom stereocenters. The summed E-state index contributed by atoms with van der Waals surface area (Å²) < 4.78 is 33.4. The Morgan fingerprint density at radius 3 is 2.50 bits per heavy atom. The quantitative estimate of drug-likeness (QED) is 0.306. The molecule has 2 N–H and O–H groups in total. The Balaban J connectivity index is 0.00000304. The lowest BCUT2D eigenvalue weighted by Crippen LogP contribution is -2.53. The van der Waals surface area contributed by atoms with Crippen LogP contribution in [0.15, 0.2) is 71.6 Å². The summed E-state index contributed by atoms with van der Waals surface area (Å²) in [7, 11) is -3.51. The highest BCUT2D eigenvalue weighted by atomic mass is 79.9. The molecule has 2 bridgehead atoms. The number of nitrogens with one attached hydrogen (secondary N) is 2. The molecule has 0 aromatic heterocycles. The number of rotatable bonds is 10. The third-order valence-corrected chi connectivity index (χ3v) is 9.93. The van der Waals surface area contributed by atoms with E-state index in [0.717, 1.165) is 31.4 Å². The smallest absolute Gasteiger partial charge is 0.184 e. The molecule has 7 heteroatoms. The van der Waals surface area contributed by atoms with Crippen molar-refractivity contribution < 1.29 is 13.2 Å². The van der Waals surface area contributed by atoms with E-state index in [9.17, 15) is 8.42 Å². The van der Waals surface area contributed by atoms with E-state index in [0.29, 0.717) is 24.0 Å². The summed E-state index contributed by atoms with van der Waals surface area (Å²) in [6.07, 6.45) is 4.18. The van der Waals surface area contributed by atoms with Crippen LogP contribution in [0.5, 0.6) is 5.75 Å². The predicted octanol–water partition coefficient (Wildman–Crippen LogP) is 5.67. The lowest BCUT2D eigenvalue weighted by Gasteiger charge is -2.33. The van der Waals surface area contributed by atoms with Crippen molar-refractivity contribution >= 4 is 37.6 Å². The Morgan fingerprint density at radius 1 is 1.00 bits per heavy atom. The van der Waals surface area contributed by atoms with Crippen LogP contribution in [0.2, 0.25) is 0 Å². The molecule has 2 saturated heterocycles. The van der Waals surface area contributed by atoms with Crippen molar-refractivity contribution in [1.82, 2.24) is 10.6 Å². The van der Waals surface area contributed by atoms with Crippen molar-refractivity contribution in [3.05, 3.63) is 72.3 Å². The lowest BCUT2D eigenvalue weighted by molar-refractivity contribution is 0.306. The average molecular weight is 574 g/mol. The van der Waals surface area contributed by atoms with Gasteiger partial charge in [-0.3, -0.25) is 0 Å². The van der Waals surface area contributed by atoms with Gasteiger partial charge in [0.1, 0.15) is 5.75 Å². The Hall–Kier alpha value is -1.93. The molecule has 2 heterocycles. The molecule has 2 aliphatic heterocycles. The van der Waals surface area contributed by atoms with Gasteiger partial charge in [0, 0.05) is 24.7 Å². The normalized spacial score (nSPS) is 25.1. The van der Waals surface area contributed by atoms with E-state index in [-0.39, 0.29) is 35.1 Å². The van der Waals surface area contributed by atoms with Crippen LogP contribution in [-0.4, -0.2) is 38.4 Å². The highest BCUT2D eigenvalue weighted by molar-refractivity contribution is 8.93. The molecule has 2 fully saturated rings. The van der Waals surface area contributed by atoms with Crippen molar-refractivity contribution in [3.8, 4) is 5.75 Å². The van der Waals surface area contributed by atoms with Crippen LogP contribution in [0.1, 0.15) is 45.1 Å². The van der Waals surface area contributed by atoms with Crippen LogP contribution < -0.4 is 15.4 Å². The fraction of sp³-hybridized carbons (Fsp3) is 0.448. The third kappa shape index (κ3) is 5.49. The minimum Gasteiger partial charge on any atom is -0.494 e. The topological polar surface area (TPSA) is 67.4 Å². The van der Waals surface area contributed by atoms with Gasteiger partial charge in [-0.25, -0.2) is 8.42 Å². The molecular formula is C29H37BrN2O3S. The first kappa shape index (κ1) is 27.1. The van der Waals surface area contributed by atoms with Crippen LogP contribution in [0.25, 0.3) is 10.8 Å². The number of unbranched alkanes of at least 4 members (excludes halogenated alkanes) is 2. The van der Waals surface area contributed by atoms with Crippen LogP contribution >= 0.6 is 17.0 Å². The fourth-order valence-electron chi connectivity index (χ4n) is 5.83. The first-order valence-electron chi connectivity index (χ1n) is 12.9. The van der Waals surface area contributed by atoms with E-state index >= 15 is 0 Å². The van der Waals surface area contributed by atoms with Gasteiger partial charge < -0.3 is 15.4 Å². The zero-order valence-electron chi connectivity index (χ0n) is 21.0. The maximum atomic E-state index is 13.8. The average Bonchev–Trinajstić information content (AvgIpc) is 3.43. The van der Waals surface area contributed by atoms with E-state index < -0.39 is 15.1 Å². The number of benzene rings is 3. The van der Waals surface area contributed by atoms with Crippen LogP contribution in [0.4, 0.5) is 0 Å². The number of hydrogen-bond acceptors (Lipinski definition) is 5. The van der Waals surface area contributed by atoms with E-state index in [1.165, 1.54) is 16.3 Å². The second kappa shape index (κ2) is 11.6. The predicted molar refractivity (Wildman–Crippen MR) is 152 cm³/mol. The molecule has 194 valence electrons. The van der Waals surface area contributed by atoms with Gasteiger partial charge in [-0.1, -0.05) is 63.1 Å². The molecule has 0 aliphatic carbocycles. The van der Waals surface area contributed by atoms with Crippen molar-refractivity contribution in [2.45, 2.75) is 74.3 Å². The summed E-state index contributed by atoms with van der Waals surface area (Å²) in [6.45, 7) is 5.68. The summed E-state index contributed by atoms with van der Waals surface area (Å²) in [5.41, 5.74) is 1.17. The van der Waals surface area contributed by atoms with Gasteiger partial charge in [0.05, 0.1) is 16.8 Å². The molecule has 36 heavy (non-hydrogen) atoms. The van der Waals surface area contributed by atoms with Gasteiger partial charge in [0.25, 0.3) is 0 Å². The van der Waals surface area contributed by atoms with Gasteiger partial charge in [-0.15, -0.1) is 17.0 Å². The standard InChI is InChI=1S/C29H36N2O3S.BrH/c1-3-4-7-16-34-24-12-14-25(15-13-24)35(32,33)29-26-17-20(2)27(31-26)28(29)30-19-21-10-11-22-8-5-6-9-23(22)18-21;/h5-6,8-15,18,20,26-31H,3-4,7,16-17,19H2,1-2H3;1H/t20-,26+,27-,28-,29-;/m1./s1. The first-order chi connectivity index (χ1) is 17.0. The molecule has 0 spiro atoms. The summed E-state index contributed by atoms with van der Waals surface area (Å²) in [6, 6.07) is 21.8. The molecule has 5 atom stereocenters. The van der Waals surface area contributed by atoms with Crippen LogP contribution in [0.3, 0.4) is 0 Å². The number of fused-ring (bicyclic) bond motifs is 3. The Bertz CT molecular complexity index is 1270. The van der Waals surface area contributed by atoms with Gasteiger partial charge in [-0.05, 0) is 65.4 Å². The van der Waals surface area contributed by atoms with Crippen molar-refractivity contribution in [1.29, 1.82) is 0 Å². The summed E-state index contributed by atoms with van der Waals surface area (Å²) in [5.74, 6) is 1.17. The molecule has 0 saturated carbocycles. The van der Waals surface area contributed by atoms with Crippen LogP contribution in [0, 0.1) is 5.92 Å². The van der Waals surface area contributed by atoms with Crippen LogP contribution in [-0.2, 0) is 16.4 Å². The van der Waals surface area contributed by atoms with Gasteiger partial charge in [0.2, 0.25) is 0 Å². The summed E-state index contributed by atoms with van der Waals surface area (Å²) in [4.78, 5) is 0.378. The van der Waals surface area contributed by atoms with E-state index in [1.54, 1.807) is 24.3 Å². The van der Waals surface area contributed by atoms with Gasteiger partial charge in [0.15, 0.2) is 9.84 Å². The number of sulfone groups is 1. The van der Waals surface area contributed by atoms with E-state index in [4.69, 9.17) is 4.74 Å². The first-order valence-corrected chi connectivity index (χ1v) is 14.5. The largest absolute Gasteiger partial charge is 0.494 e. The number of ether oxygens (including phenoxy) is 1. The highest BCUT2D eigenvalue weighted by Gasteiger charge is 2.56. The highest BCUT2D eigenvalue weighted by Crippen LogP contribution is 2.39. The lowest BCUT2D eigenvalue weighted by atomic mass is 9.86. The van der Waals surface area contributed by atoms with Gasteiger partial charge >= 0.3 is 0 Å². The monoisotopic (exact) mass is 572 g/mol. The second-order valence-corrected chi connectivity index (χ2v) is 12.2. The van der Waals surface area contributed by atoms with Crippen molar-refractivity contribution in [2.75, 3.05) is 6.61 Å². The molecular weight excluding hydrogens is 536 g/mol. The molecule has 0 radical (unpaired) electrons. The maximum Gasteiger partial charge on any atom is 0.184 e. The zero-order valence-corrected chi connectivity index (χ0v) is 23.6. The van der Waals surface area contributed by atoms with E-state index in [1.807, 2.05) is 12.1 Å². The molecule has 3 aromatic carbocycles. The SMILES string of the molecule is Br.CCCCCOc1ccc(S(=O)(=O)[C@H]2[C@H](NCc3ccc4ccccc4c3)[C@@H]3N[C@H]2C[C@H]3C)cc1. The Kier molecular flexibility index (Phi) is 8.76. The fourth-order valence-corrected chi connectivity index (χ4v) is 7.93. The Morgan fingerprint density at radius 2 is 1.75 bits per heavy atom. The minimum absolute atomic E-state index is 0. The molecule has 3 aromatic rings. The second-order valence-electron chi connectivity index (χ2n) is 10.1. The van der Waals surface area contributed by atoms with Crippen molar-refractivity contribution in [2.24, 2.45) is 5.92 Å². The van der Waals surface area contributed by atoms with Gasteiger partial charge in [-0.2, -0.15) is 0 Å². The molecule has 2 aliphatic rings. The molecule has 5 rings (SSSR count). The number of hydrogen-bond donors (Lipinski definition) is 2. The zero-order chi connectivity index (χ0) is 24.4. The summed E-state index contributed by atoms with van der Waals surface area (Å²) >= 11 is 0. The molecule has 0 amide bonds. The van der Waals surface area contributed by atoms with Crippen molar-refractivity contribution in [3.63, 3.8) is 0 Å². The van der Waals surface area contributed by atoms with E-state index in [2.05, 4.69) is 54.8 Å². The summed E-state index contributed by atoms with van der Waals surface area (Å²) in [5, 5.41) is 9.17. The Labute approximate surface area is 225 Å². The third-order valence-electron chi connectivity index (χ3n) is 7.67. The maximum absolute atomic E-state index is 13.8. The number of halogens is 1. The molecule has 5 nitrogen and oxygen atoms in total. The minimum atomic E-state index is -3.51.